The van der Waals surface area contributed by atoms with Crippen LogP contribution in [0, 0.1) is 13.8 Å². The summed E-state index contributed by atoms with van der Waals surface area (Å²) >= 11 is 1.60. The molecule has 1 N–H and O–H groups in total. The molecule has 3 aromatic rings. The second kappa shape index (κ2) is 9.79. The number of anilines is 1. The molecule has 0 amide bonds. The molecule has 0 aliphatic rings. The lowest BCUT2D eigenvalue weighted by Crippen LogP contribution is -1.91. The number of fused-ring (bicyclic) bond motifs is 1. The third kappa shape index (κ3) is 5.87. The first kappa shape index (κ1) is 20.6. The predicted molar refractivity (Wildman–Crippen MR) is 112 cm³/mol. The summed E-state index contributed by atoms with van der Waals surface area (Å²) in [4.78, 5) is 9.14. The predicted octanol–water partition coefficient (Wildman–Crippen LogP) is 5.89. The number of hydrogen-bond donors (Lipinski definition) is 1. The summed E-state index contributed by atoms with van der Waals surface area (Å²) in [6.07, 6.45) is 3.80. The van der Waals surface area contributed by atoms with Crippen molar-refractivity contribution in [1.29, 1.82) is 0 Å². The highest BCUT2D eigenvalue weighted by Crippen LogP contribution is 2.28. The van der Waals surface area contributed by atoms with Gasteiger partial charge in [-0.1, -0.05) is 11.6 Å². The van der Waals surface area contributed by atoms with Gasteiger partial charge in [0, 0.05) is 18.6 Å². The number of hydrogen-bond acceptors (Lipinski definition) is 4. The van der Waals surface area contributed by atoms with E-state index >= 15 is 0 Å². The third-order valence-electron chi connectivity index (χ3n) is 2.92. The Kier molecular flexibility index (Phi) is 8.08. The Morgan fingerprint density at radius 2 is 1.88 bits per heavy atom. The molecular formula is C20H28N4S. The van der Waals surface area contributed by atoms with Crippen LogP contribution in [0.4, 0.5) is 5.13 Å². The fourth-order valence-electron chi connectivity index (χ4n) is 2.07. The fourth-order valence-corrected chi connectivity index (χ4v) is 2.73. The van der Waals surface area contributed by atoms with Gasteiger partial charge in [-0.25, -0.2) is 9.97 Å². The van der Waals surface area contributed by atoms with E-state index in [1.807, 2.05) is 34.7 Å². The second-order valence-electron chi connectivity index (χ2n) is 5.88. The summed E-state index contributed by atoms with van der Waals surface area (Å²) in [5.41, 5.74) is 6.41. The number of nitrogens with zero attached hydrogens (tertiary/aromatic N) is 3. The molecule has 0 bridgehead atoms. The van der Waals surface area contributed by atoms with Crippen molar-refractivity contribution in [3.8, 4) is 11.4 Å². The molecule has 3 rings (SSSR count). The summed E-state index contributed by atoms with van der Waals surface area (Å²) in [6.45, 7) is 16.8. The number of rotatable bonds is 2. The van der Waals surface area contributed by atoms with Crippen molar-refractivity contribution >= 4 is 22.1 Å². The first-order valence-corrected chi connectivity index (χ1v) is 9.00. The van der Waals surface area contributed by atoms with Gasteiger partial charge in [0.05, 0.1) is 11.4 Å². The molecule has 0 radical (unpaired) electrons. The van der Waals surface area contributed by atoms with E-state index in [0.717, 1.165) is 27.9 Å². The summed E-state index contributed by atoms with van der Waals surface area (Å²) in [6, 6.07) is 4.17. The Morgan fingerprint density at radius 3 is 2.40 bits per heavy atom. The maximum atomic E-state index is 4.59. The van der Waals surface area contributed by atoms with Crippen LogP contribution in [0.25, 0.3) is 17.0 Å². The Hall–Kier alpha value is -2.40. The summed E-state index contributed by atoms with van der Waals surface area (Å²) in [5.74, 6) is 0. The molecule has 0 aliphatic heterocycles. The number of aryl methyl sites for hydroxylation is 2. The lowest BCUT2D eigenvalue weighted by atomic mass is 10.2. The van der Waals surface area contributed by atoms with Crippen molar-refractivity contribution in [2.75, 3.05) is 12.4 Å². The largest absolute Gasteiger partial charge is 0.365 e. The number of allylic oxidation sites excluding steroid dienone is 2. The average molecular weight is 357 g/mol. The van der Waals surface area contributed by atoms with Gasteiger partial charge >= 0.3 is 0 Å². The molecule has 3 aromatic heterocycles. The van der Waals surface area contributed by atoms with Crippen LogP contribution in [0.5, 0.6) is 0 Å². The number of imidazole rings is 1. The number of pyridine rings is 1. The van der Waals surface area contributed by atoms with Gasteiger partial charge in [0.15, 0.2) is 5.13 Å². The number of nitrogens with one attached hydrogen (secondary N) is 1. The van der Waals surface area contributed by atoms with Crippen LogP contribution < -0.4 is 5.32 Å². The third-order valence-corrected chi connectivity index (χ3v) is 3.78. The standard InChI is InChI=1S/C13H14N4S.C4H8.C3H6/c1-8-4-5-17-11(6-8)15-9(2)12(17)10-7-18-13(14-3)16-10;1-4(2)3;1-3-2/h4-7H,1-3H3,(H,14,16);1H2,2-3H3;3H,1H2,2H3. The first-order valence-electron chi connectivity index (χ1n) is 8.12. The van der Waals surface area contributed by atoms with E-state index in [4.69, 9.17) is 0 Å². The molecule has 5 heteroatoms. The van der Waals surface area contributed by atoms with E-state index in [1.165, 1.54) is 11.1 Å². The maximum Gasteiger partial charge on any atom is 0.183 e. The van der Waals surface area contributed by atoms with Gasteiger partial charge in [0.2, 0.25) is 0 Å². The lowest BCUT2D eigenvalue weighted by molar-refractivity contribution is 1.16. The topological polar surface area (TPSA) is 42.2 Å². The molecule has 4 nitrogen and oxygen atoms in total. The van der Waals surface area contributed by atoms with Crippen molar-refractivity contribution in [1.82, 2.24) is 14.4 Å². The molecule has 3 heterocycles. The fraction of sp³-hybridized carbons (Fsp3) is 0.300. The van der Waals surface area contributed by atoms with Crippen LogP contribution >= 0.6 is 11.3 Å². The van der Waals surface area contributed by atoms with E-state index in [1.54, 1.807) is 17.4 Å². The molecule has 0 aliphatic carbocycles. The monoisotopic (exact) mass is 356 g/mol. The van der Waals surface area contributed by atoms with Gasteiger partial charge in [0.1, 0.15) is 11.3 Å². The number of thiazole rings is 1. The molecule has 25 heavy (non-hydrogen) atoms. The molecule has 0 fully saturated rings. The van der Waals surface area contributed by atoms with Crippen LogP contribution in [0.1, 0.15) is 32.0 Å². The van der Waals surface area contributed by atoms with Crippen molar-refractivity contribution in [2.45, 2.75) is 34.6 Å². The molecule has 0 aromatic carbocycles. The van der Waals surface area contributed by atoms with Gasteiger partial charge in [0.25, 0.3) is 0 Å². The highest BCUT2D eigenvalue weighted by atomic mass is 32.1. The van der Waals surface area contributed by atoms with Gasteiger partial charge in [-0.15, -0.1) is 24.5 Å². The van der Waals surface area contributed by atoms with Gasteiger partial charge in [-0.2, -0.15) is 0 Å². The Balaban J connectivity index is 0.000000386. The molecule has 0 saturated carbocycles. The van der Waals surface area contributed by atoms with Crippen LogP contribution in [0.3, 0.4) is 0 Å². The minimum atomic E-state index is 0.923. The number of aromatic nitrogens is 3. The van der Waals surface area contributed by atoms with E-state index in [0.29, 0.717) is 0 Å². The van der Waals surface area contributed by atoms with Crippen molar-refractivity contribution < 1.29 is 0 Å². The quantitative estimate of drug-likeness (QED) is 0.582. The Morgan fingerprint density at radius 1 is 1.28 bits per heavy atom. The van der Waals surface area contributed by atoms with Crippen molar-refractivity contribution in [3.05, 3.63) is 59.8 Å². The Bertz CT molecular complexity index is 839. The van der Waals surface area contributed by atoms with Gasteiger partial charge in [-0.05, 0) is 52.3 Å². The van der Waals surface area contributed by atoms with E-state index < -0.39 is 0 Å². The second-order valence-corrected chi connectivity index (χ2v) is 6.74. The van der Waals surface area contributed by atoms with E-state index in [2.05, 4.69) is 63.5 Å². The Labute approximate surface area is 155 Å². The molecule has 0 atom stereocenters. The maximum absolute atomic E-state index is 4.59. The normalized spacial score (nSPS) is 9.52. The van der Waals surface area contributed by atoms with Crippen LogP contribution in [0.15, 0.2) is 48.5 Å². The van der Waals surface area contributed by atoms with E-state index in [-0.39, 0.29) is 0 Å². The highest BCUT2D eigenvalue weighted by molar-refractivity contribution is 7.14. The molecular weight excluding hydrogens is 328 g/mol. The summed E-state index contributed by atoms with van der Waals surface area (Å²) in [5, 5.41) is 6.04. The zero-order valence-electron chi connectivity index (χ0n) is 16.1. The van der Waals surface area contributed by atoms with Gasteiger partial charge in [-0.3, -0.25) is 4.40 Å². The van der Waals surface area contributed by atoms with E-state index in [9.17, 15) is 0 Å². The minimum absolute atomic E-state index is 0.923. The zero-order valence-corrected chi connectivity index (χ0v) is 16.9. The molecule has 0 unspecified atom stereocenters. The minimum Gasteiger partial charge on any atom is -0.365 e. The lowest BCUT2D eigenvalue weighted by Gasteiger charge is -2.00. The summed E-state index contributed by atoms with van der Waals surface area (Å²) in [7, 11) is 1.88. The average Bonchev–Trinajstić information content (AvgIpc) is 3.10. The summed E-state index contributed by atoms with van der Waals surface area (Å²) < 4.78 is 2.09. The smallest absolute Gasteiger partial charge is 0.183 e. The molecule has 0 saturated heterocycles. The molecule has 134 valence electrons. The van der Waals surface area contributed by atoms with Crippen molar-refractivity contribution in [2.24, 2.45) is 0 Å². The van der Waals surface area contributed by atoms with Gasteiger partial charge < -0.3 is 5.32 Å². The highest BCUT2D eigenvalue weighted by Gasteiger charge is 2.13. The van der Waals surface area contributed by atoms with Crippen LogP contribution in [0.2, 0.25) is 0 Å². The first-order chi connectivity index (χ1) is 11.8. The SMILES string of the molecule is C=C(C)C.C=CC.CNc1nc(-c2c(C)nc3cc(C)ccn23)cs1. The van der Waals surface area contributed by atoms with Crippen LogP contribution in [-0.2, 0) is 0 Å². The van der Waals surface area contributed by atoms with Crippen molar-refractivity contribution in [3.63, 3.8) is 0 Å². The zero-order chi connectivity index (χ0) is 19.0. The van der Waals surface area contributed by atoms with Crippen LogP contribution in [-0.4, -0.2) is 21.4 Å². The molecule has 0 spiro atoms.